The summed E-state index contributed by atoms with van der Waals surface area (Å²) in [4.78, 5) is 51.3. The van der Waals surface area contributed by atoms with Gasteiger partial charge >= 0.3 is 0 Å². The minimum atomic E-state index is -0.405. The lowest BCUT2D eigenvalue weighted by atomic mass is 9.49. The van der Waals surface area contributed by atoms with Crippen molar-refractivity contribution in [2.45, 2.75) is 83.5 Å². The van der Waals surface area contributed by atoms with Gasteiger partial charge in [0, 0.05) is 82.8 Å². The highest BCUT2D eigenvalue weighted by molar-refractivity contribution is 5.83. The average molecular weight is 789 g/mol. The summed E-state index contributed by atoms with van der Waals surface area (Å²) in [5, 5.41) is 6.56. The molecule has 0 spiro atoms. The molecule has 2 aliphatic heterocycles. The molecule has 2 aromatic rings. The fraction of sp³-hybridized carbons (Fsp3) is 0.767. The highest BCUT2D eigenvalue weighted by Gasteiger charge is 2.55. The van der Waals surface area contributed by atoms with E-state index < -0.39 is 11.6 Å². The molecule has 12 nitrogen and oxygen atoms in total. The summed E-state index contributed by atoms with van der Waals surface area (Å²) in [5.74, 6) is 5.91. The van der Waals surface area contributed by atoms with Crippen molar-refractivity contribution in [3.63, 3.8) is 0 Å². The second-order valence-electron chi connectivity index (χ2n) is 19.3. The van der Waals surface area contributed by atoms with Crippen LogP contribution < -0.4 is 20.4 Å². The van der Waals surface area contributed by atoms with Crippen LogP contribution in [-0.2, 0) is 9.59 Å². The van der Waals surface area contributed by atoms with Crippen LogP contribution >= 0.6 is 0 Å². The monoisotopic (exact) mass is 789 g/mol. The van der Waals surface area contributed by atoms with Crippen molar-refractivity contribution < 1.29 is 18.4 Å². The Bertz CT molecular complexity index is 1630. The number of carbonyl (C=O) groups excluding carboxylic acids is 2. The Kier molecular flexibility index (Phi) is 11.4. The van der Waals surface area contributed by atoms with Crippen molar-refractivity contribution in [1.29, 1.82) is 0 Å². The van der Waals surface area contributed by atoms with Gasteiger partial charge < -0.3 is 20.4 Å². The first kappa shape index (κ1) is 39.0. The third kappa shape index (κ3) is 8.77. The summed E-state index contributed by atoms with van der Waals surface area (Å²) in [6, 6.07) is 0. The third-order valence-corrected chi connectivity index (χ3v) is 15.2. The predicted octanol–water partition coefficient (Wildman–Crippen LogP) is 4.53. The smallest absolute Gasteiger partial charge is 0.226 e. The number of anilines is 2. The lowest BCUT2D eigenvalue weighted by Gasteiger charge is -2.55. The summed E-state index contributed by atoms with van der Waals surface area (Å²) in [6.07, 6.45) is 20.9. The summed E-state index contributed by atoms with van der Waals surface area (Å²) >= 11 is 0. The van der Waals surface area contributed by atoms with Gasteiger partial charge in [0.15, 0.2) is 11.6 Å². The highest BCUT2D eigenvalue weighted by Crippen LogP contribution is 2.61. The molecule has 0 unspecified atom stereocenters. The lowest BCUT2D eigenvalue weighted by molar-refractivity contribution is -0.146. The molecule has 0 radical (unpaired) electrons. The summed E-state index contributed by atoms with van der Waals surface area (Å²) in [7, 11) is 0. The molecule has 14 heteroatoms. The first-order chi connectivity index (χ1) is 27.7. The van der Waals surface area contributed by atoms with Gasteiger partial charge in [0.1, 0.15) is 0 Å². The first-order valence-electron chi connectivity index (χ1n) is 22.2. The van der Waals surface area contributed by atoms with Crippen molar-refractivity contribution in [2.75, 3.05) is 88.3 Å². The molecule has 10 fully saturated rings. The maximum Gasteiger partial charge on any atom is 0.226 e. The van der Waals surface area contributed by atoms with Gasteiger partial charge in [-0.2, -0.15) is 0 Å². The predicted molar refractivity (Wildman–Crippen MR) is 213 cm³/mol. The Morgan fingerprint density at radius 1 is 0.526 bits per heavy atom. The highest BCUT2D eigenvalue weighted by atomic mass is 19.1. The molecule has 8 bridgehead atoms. The van der Waals surface area contributed by atoms with Gasteiger partial charge in [0.05, 0.1) is 24.8 Å². The molecule has 0 atom stereocenters. The fourth-order valence-corrected chi connectivity index (χ4v) is 13.3. The molecule has 8 saturated carbocycles. The summed E-state index contributed by atoms with van der Waals surface area (Å²) in [6.45, 7) is 10.5. The zero-order valence-corrected chi connectivity index (χ0v) is 33.6. The number of nitrogens with zero attached hydrogens (tertiary/aromatic N) is 8. The third-order valence-electron chi connectivity index (χ3n) is 15.2. The number of hydrogen-bond donors (Lipinski definition) is 2. The van der Waals surface area contributed by atoms with Gasteiger partial charge in [0.25, 0.3) is 0 Å². The van der Waals surface area contributed by atoms with E-state index in [0.717, 1.165) is 159 Å². The molecule has 2 saturated heterocycles. The second-order valence-corrected chi connectivity index (χ2v) is 19.3. The molecule has 0 aromatic carbocycles. The first-order valence-corrected chi connectivity index (χ1v) is 22.2. The molecular weight excluding hydrogens is 727 g/mol. The van der Waals surface area contributed by atoms with Crippen molar-refractivity contribution >= 4 is 23.7 Å². The van der Waals surface area contributed by atoms with Crippen molar-refractivity contribution in [3.8, 4) is 0 Å². The number of hydrogen-bond acceptors (Lipinski definition) is 10. The number of aromatic nitrogens is 4. The maximum absolute atomic E-state index is 13.0. The van der Waals surface area contributed by atoms with Gasteiger partial charge in [0.2, 0.25) is 23.7 Å². The van der Waals surface area contributed by atoms with Crippen LogP contribution in [0.2, 0.25) is 0 Å². The van der Waals surface area contributed by atoms with Crippen LogP contribution in [0.15, 0.2) is 24.8 Å². The van der Waals surface area contributed by atoms with Crippen LogP contribution in [0.4, 0.5) is 20.7 Å². The van der Waals surface area contributed by atoms with E-state index in [4.69, 9.17) is 0 Å². The molecule has 57 heavy (non-hydrogen) atoms. The van der Waals surface area contributed by atoms with Crippen LogP contribution in [0.25, 0.3) is 0 Å². The number of carbonyl (C=O) groups is 2. The molecular formula is C43H62F2N10O2. The molecule has 2 amide bonds. The normalized spacial score (nSPS) is 34.2. The summed E-state index contributed by atoms with van der Waals surface area (Å²) in [5.41, 5.74) is -0.0805. The average Bonchev–Trinajstić information content (AvgIpc) is 3.20. The lowest BCUT2D eigenvalue weighted by Crippen LogP contribution is -2.55. The Balaban J connectivity index is 0.000000148. The van der Waals surface area contributed by atoms with E-state index >= 15 is 0 Å². The van der Waals surface area contributed by atoms with Crippen molar-refractivity contribution in [1.82, 2.24) is 40.4 Å². The number of piperazine rings is 2. The minimum absolute atomic E-state index is 0.0322. The van der Waals surface area contributed by atoms with E-state index in [9.17, 15) is 18.4 Å². The second kappa shape index (κ2) is 16.6. The van der Waals surface area contributed by atoms with E-state index in [1.54, 1.807) is 0 Å². The molecule has 2 N–H and O–H groups in total. The van der Waals surface area contributed by atoms with E-state index in [2.05, 4.69) is 50.2 Å². The van der Waals surface area contributed by atoms with Gasteiger partial charge in [-0.25, -0.2) is 28.7 Å². The van der Waals surface area contributed by atoms with Crippen LogP contribution in [0, 0.1) is 58.0 Å². The quantitative estimate of drug-likeness (QED) is 0.315. The number of halogens is 2. The number of amides is 2. The number of rotatable bonds is 11. The molecule has 4 heterocycles. The van der Waals surface area contributed by atoms with Gasteiger partial charge in [-0.15, -0.1) is 0 Å². The van der Waals surface area contributed by atoms with Crippen molar-refractivity contribution in [3.05, 3.63) is 36.4 Å². The Labute approximate surface area is 336 Å². The van der Waals surface area contributed by atoms with Crippen LogP contribution in [0.3, 0.4) is 0 Å². The van der Waals surface area contributed by atoms with Gasteiger partial charge in [-0.1, -0.05) is 0 Å². The van der Waals surface area contributed by atoms with Crippen LogP contribution in [-0.4, -0.2) is 120 Å². The van der Waals surface area contributed by atoms with E-state index in [0.29, 0.717) is 23.7 Å². The van der Waals surface area contributed by atoms with E-state index in [1.165, 1.54) is 63.3 Å². The standard InChI is InChI=1S/C22H32FN5O.C21H30FN5O/c23-19-14-25-21(26-15-19)28-6-4-27(5-7-28)3-1-2-24-20(29)22-11-16-8-17(12-22)10-18(9-16)13-22;22-18-13-24-20(25-14-18)27-5-3-26(4-6-27)2-1-23-19(28)21-10-15-7-16(11-21)9-17(8-15)12-21/h14-18H,1-13H2,(H,24,29);13-17H,1-12H2,(H,23,28). The zero-order chi connectivity index (χ0) is 39.0. The minimum Gasteiger partial charge on any atom is -0.356 e. The van der Waals surface area contributed by atoms with Crippen LogP contribution in [0.1, 0.15) is 83.5 Å². The molecule has 310 valence electrons. The molecule has 2 aromatic heterocycles. The SMILES string of the molecule is O=C(NCCCN1CCN(c2ncc(F)cn2)CC1)C12CC3CC(CC(C3)C1)C2.O=C(NCCN1CCN(c2ncc(F)cn2)CC1)C12CC3CC(CC(C3)C1)C2. The Morgan fingerprint density at radius 2 is 0.860 bits per heavy atom. The van der Waals surface area contributed by atoms with Crippen LogP contribution in [0.5, 0.6) is 0 Å². The zero-order valence-electron chi connectivity index (χ0n) is 33.6. The van der Waals surface area contributed by atoms with E-state index in [1.807, 2.05) is 0 Å². The molecule has 8 aliphatic carbocycles. The number of nitrogens with one attached hydrogen (secondary N) is 2. The van der Waals surface area contributed by atoms with Crippen molar-refractivity contribution in [2.24, 2.45) is 46.3 Å². The summed E-state index contributed by atoms with van der Waals surface area (Å²) < 4.78 is 25.9. The fourth-order valence-electron chi connectivity index (χ4n) is 13.3. The molecule has 10 aliphatic rings. The largest absolute Gasteiger partial charge is 0.356 e. The Morgan fingerprint density at radius 3 is 1.23 bits per heavy atom. The van der Waals surface area contributed by atoms with E-state index in [-0.39, 0.29) is 10.8 Å². The molecule has 12 rings (SSSR count). The Hall–Kier alpha value is -3.52. The van der Waals surface area contributed by atoms with Gasteiger partial charge in [-0.3, -0.25) is 19.4 Å². The van der Waals surface area contributed by atoms with Gasteiger partial charge in [-0.05, 0) is 126 Å². The maximum atomic E-state index is 13.0. The topological polar surface area (TPSA) is 123 Å².